The van der Waals surface area contributed by atoms with Gasteiger partial charge in [0.15, 0.2) is 0 Å². The van der Waals surface area contributed by atoms with Crippen molar-refractivity contribution in [3.05, 3.63) is 69.2 Å². The molecule has 0 aromatic heterocycles. The van der Waals surface area contributed by atoms with Gasteiger partial charge in [-0.1, -0.05) is 64.8 Å². The van der Waals surface area contributed by atoms with Crippen molar-refractivity contribution >= 4 is 27.5 Å². The molecule has 2 rings (SSSR count). The van der Waals surface area contributed by atoms with Gasteiger partial charge in [0.05, 0.1) is 0 Å². The molecule has 0 aliphatic heterocycles. The Morgan fingerprint density at radius 2 is 1.80 bits per heavy atom. The molecule has 0 heterocycles. The van der Waals surface area contributed by atoms with Gasteiger partial charge in [-0.25, -0.2) is 0 Å². The van der Waals surface area contributed by atoms with E-state index in [1.54, 1.807) is 0 Å². The Bertz CT molecular complexity index is 539. The van der Waals surface area contributed by atoms with Crippen LogP contribution in [0, 0.1) is 0 Å². The topological polar surface area (TPSA) is 12.0 Å². The van der Waals surface area contributed by atoms with Gasteiger partial charge in [0.2, 0.25) is 0 Å². The van der Waals surface area contributed by atoms with E-state index in [-0.39, 0.29) is 0 Å². The standard InChI is InChI=1S/C17H19BrClN/c1-2-20-12-15(13-7-9-16(18)10-8-13)11-14-5-3-4-6-17(14)19/h3-10,15,20H,2,11-12H2,1H3. The molecule has 0 spiro atoms. The zero-order valence-electron chi connectivity index (χ0n) is 11.6. The fourth-order valence-electron chi connectivity index (χ4n) is 2.29. The molecule has 2 aromatic carbocycles. The number of benzene rings is 2. The van der Waals surface area contributed by atoms with E-state index in [1.165, 1.54) is 11.1 Å². The Morgan fingerprint density at radius 3 is 2.45 bits per heavy atom. The fourth-order valence-corrected chi connectivity index (χ4v) is 2.77. The molecule has 0 saturated heterocycles. The van der Waals surface area contributed by atoms with Gasteiger partial charge < -0.3 is 5.32 Å². The quantitative estimate of drug-likeness (QED) is 0.768. The molecular formula is C17H19BrClN. The van der Waals surface area contributed by atoms with Gasteiger partial charge in [-0.05, 0) is 42.3 Å². The second-order valence-electron chi connectivity index (χ2n) is 4.85. The van der Waals surface area contributed by atoms with Gasteiger partial charge in [-0.3, -0.25) is 0 Å². The van der Waals surface area contributed by atoms with Crippen LogP contribution in [0.1, 0.15) is 24.0 Å². The summed E-state index contributed by atoms with van der Waals surface area (Å²) in [5.74, 6) is 0.433. The third-order valence-corrected chi connectivity index (χ3v) is 4.30. The lowest BCUT2D eigenvalue weighted by atomic mass is 9.92. The molecule has 1 nitrogen and oxygen atoms in total. The van der Waals surface area contributed by atoms with E-state index in [4.69, 9.17) is 11.6 Å². The summed E-state index contributed by atoms with van der Waals surface area (Å²) >= 11 is 9.78. The smallest absolute Gasteiger partial charge is 0.0438 e. The summed E-state index contributed by atoms with van der Waals surface area (Å²) in [5, 5.41) is 4.30. The van der Waals surface area contributed by atoms with E-state index in [0.29, 0.717) is 5.92 Å². The summed E-state index contributed by atoms with van der Waals surface area (Å²) in [6.45, 7) is 4.08. The highest BCUT2D eigenvalue weighted by molar-refractivity contribution is 9.10. The summed E-state index contributed by atoms with van der Waals surface area (Å²) in [7, 11) is 0. The van der Waals surface area contributed by atoms with Gasteiger partial charge in [0, 0.05) is 22.0 Å². The van der Waals surface area contributed by atoms with Crippen molar-refractivity contribution in [2.45, 2.75) is 19.3 Å². The van der Waals surface area contributed by atoms with Crippen LogP contribution >= 0.6 is 27.5 Å². The van der Waals surface area contributed by atoms with Crippen LogP contribution in [0.2, 0.25) is 5.02 Å². The van der Waals surface area contributed by atoms with Crippen molar-refractivity contribution in [2.24, 2.45) is 0 Å². The first-order valence-corrected chi connectivity index (χ1v) is 8.07. The van der Waals surface area contributed by atoms with Crippen LogP contribution in [0.25, 0.3) is 0 Å². The Labute approximate surface area is 134 Å². The fraction of sp³-hybridized carbons (Fsp3) is 0.294. The molecule has 20 heavy (non-hydrogen) atoms. The Hall–Kier alpha value is -0.830. The predicted octanol–water partition coefficient (Wildman–Crippen LogP) is 5.04. The highest BCUT2D eigenvalue weighted by atomic mass is 79.9. The van der Waals surface area contributed by atoms with Crippen LogP contribution in [0.15, 0.2) is 53.0 Å². The van der Waals surface area contributed by atoms with Gasteiger partial charge in [-0.2, -0.15) is 0 Å². The van der Waals surface area contributed by atoms with Crippen molar-refractivity contribution in [2.75, 3.05) is 13.1 Å². The number of rotatable bonds is 6. The van der Waals surface area contributed by atoms with E-state index >= 15 is 0 Å². The molecule has 0 bridgehead atoms. The number of halogens is 2. The normalized spacial score (nSPS) is 12.3. The maximum atomic E-state index is 6.29. The Balaban J connectivity index is 2.19. The summed E-state index contributed by atoms with van der Waals surface area (Å²) in [6, 6.07) is 16.7. The van der Waals surface area contributed by atoms with Crippen molar-refractivity contribution < 1.29 is 0 Å². The Morgan fingerprint density at radius 1 is 1.10 bits per heavy atom. The van der Waals surface area contributed by atoms with Crippen LogP contribution in [-0.2, 0) is 6.42 Å². The van der Waals surface area contributed by atoms with E-state index in [2.05, 4.69) is 58.5 Å². The second-order valence-corrected chi connectivity index (χ2v) is 6.17. The summed E-state index contributed by atoms with van der Waals surface area (Å²) in [6.07, 6.45) is 0.953. The van der Waals surface area contributed by atoms with Gasteiger partial charge in [0.1, 0.15) is 0 Å². The third-order valence-electron chi connectivity index (χ3n) is 3.41. The summed E-state index contributed by atoms with van der Waals surface area (Å²) in [5.41, 5.74) is 2.55. The van der Waals surface area contributed by atoms with E-state index in [0.717, 1.165) is 29.0 Å². The monoisotopic (exact) mass is 351 g/mol. The number of likely N-dealkylation sites (N-methyl/N-ethyl adjacent to an activating group) is 1. The average molecular weight is 353 g/mol. The van der Waals surface area contributed by atoms with Crippen molar-refractivity contribution in [3.8, 4) is 0 Å². The molecule has 2 aromatic rings. The number of nitrogens with one attached hydrogen (secondary N) is 1. The molecular weight excluding hydrogens is 334 g/mol. The van der Waals surface area contributed by atoms with Crippen LogP contribution in [0.3, 0.4) is 0 Å². The number of hydrogen-bond acceptors (Lipinski definition) is 1. The molecule has 1 unspecified atom stereocenters. The third kappa shape index (κ3) is 4.34. The predicted molar refractivity (Wildman–Crippen MR) is 90.6 cm³/mol. The lowest BCUT2D eigenvalue weighted by Gasteiger charge is -2.19. The SMILES string of the molecule is CCNCC(Cc1ccccc1Cl)c1ccc(Br)cc1. The van der Waals surface area contributed by atoms with Crippen molar-refractivity contribution in [1.29, 1.82) is 0 Å². The molecule has 0 saturated carbocycles. The van der Waals surface area contributed by atoms with E-state index in [1.807, 2.05) is 18.2 Å². The van der Waals surface area contributed by atoms with E-state index < -0.39 is 0 Å². The molecule has 0 aliphatic carbocycles. The average Bonchev–Trinajstić information content (AvgIpc) is 2.46. The minimum absolute atomic E-state index is 0.433. The zero-order valence-corrected chi connectivity index (χ0v) is 13.9. The molecule has 106 valence electrons. The molecule has 3 heteroatoms. The first kappa shape index (κ1) is 15.6. The van der Waals surface area contributed by atoms with Crippen LogP contribution in [-0.4, -0.2) is 13.1 Å². The Kier molecular flexibility index (Phi) is 6.08. The molecule has 0 aliphatic rings. The second kappa shape index (κ2) is 7.82. The first-order chi connectivity index (χ1) is 9.70. The van der Waals surface area contributed by atoms with Crippen LogP contribution in [0.4, 0.5) is 0 Å². The maximum Gasteiger partial charge on any atom is 0.0438 e. The molecule has 1 N–H and O–H groups in total. The minimum Gasteiger partial charge on any atom is -0.316 e. The van der Waals surface area contributed by atoms with Crippen molar-refractivity contribution in [3.63, 3.8) is 0 Å². The summed E-state index contributed by atoms with van der Waals surface area (Å²) < 4.78 is 1.11. The summed E-state index contributed by atoms with van der Waals surface area (Å²) in [4.78, 5) is 0. The molecule has 0 amide bonds. The largest absolute Gasteiger partial charge is 0.316 e. The highest BCUT2D eigenvalue weighted by Gasteiger charge is 2.13. The first-order valence-electron chi connectivity index (χ1n) is 6.90. The van der Waals surface area contributed by atoms with Crippen LogP contribution < -0.4 is 5.32 Å². The van der Waals surface area contributed by atoms with Crippen molar-refractivity contribution in [1.82, 2.24) is 5.32 Å². The van der Waals surface area contributed by atoms with Crippen LogP contribution in [0.5, 0.6) is 0 Å². The highest BCUT2D eigenvalue weighted by Crippen LogP contribution is 2.26. The van der Waals surface area contributed by atoms with E-state index in [9.17, 15) is 0 Å². The number of hydrogen-bond donors (Lipinski definition) is 1. The maximum absolute atomic E-state index is 6.29. The molecule has 0 fully saturated rings. The molecule has 0 radical (unpaired) electrons. The lowest BCUT2D eigenvalue weighted by Crippen LogP contribution is -2.22. The van der Waals surface area contributed by atoms with Gasteiger partial charge >= 0.3 is 0 Å². The zero-order chi connectivity index (χ0) is 14.4. The van der Waals surface area contributed by atoms with Gasteiger partial charge in [-0.15, -0.1) is 0 Å². The molecule has 1 atom stereocenters. The lowest BCUT2D eigenvalue weighted by molar-refractivity contribution is 0.595. The van der Waals surface area contributed by atoms with Gasteiger partial charge in [0.25, 0.3) is 0 Å². The minimum atomic E-state index is 0.433.